The number of hydrogen-bond donors (Lipinski definition) is 2. The van der Waals surface area contributed by atoms with Gasteiger partial charge in [-0.3, -0.25) is 0 Å². The number of rotatable bonds is 2. The lowest BCUT2D eigenvalue weighted by Gasteiger charge is -2.27. The molecule has 2 nitrogen and oxygen atoms in total. The Kier molecular flexibility index (Phi) is 3.17. The number of benzene rings is 1. The Hall–Kier alpha value is -1.02. The second-order valence-corrected chi connectivity index (χ2v) is 4.72. The molecule has 0 unspecified atom stereocenters. The molecular formula is C12H20N2. The fourth-order valence-electron chi connectivity index (χ4n) is 1.36. The molecule has 1 aromatic rings. The van der Waals surface area contributed by atoms with Crippen molar-refractivity contribution in [3.63, 3.8) is 0 Å². The highest BCUT2D eigenvalue weighted by Crippen LogP contribution is 2.30. The third kappa shape index (κ3) is 2.48. The first kappa shape index (κ1) is 11.1. The summed E-state index contributed by atoms with van der Waals surface area (Å²) in [4.78, 5) is 0. The summed E-state index contributed by atoms with van der Waals surface area (Å²) >= 11 is 0. The van der Waals surface area contributed by atoms with Crippen molar-refractivity contribution >= 4 is 5.69 Å². The highest BCUT2D eigenvalue weighted by molar-refractivity contribution is 5.44. The van der Waals surface area contributed by atoms with Crippen LogP contribution in [0.4, 0.5) is 5.69 Å². The van der Waals surface area contributed by atoms with E-state index in [9.17, 15) is 0 Å². The maximum Gasteiger partial charge on any atom is 0.0344 e. The van der Waals surface area contributed by atoms with Gasteiger partial charge in [0.1, 0.15) is 0 Å². The molecule has 0 amide bonds. The van der Waals surface area contributed by atoms with Crippen molar-refractivity contribution in [2.24, 2.45) is 11.1 Å². The highest BCUT2D eigenvalue weighted by Gasteiger charge is 2.21. The SMILES string of the molecule is CNc1ccc([C@@H](N)C(C)(C)C)cc1. The van der Waals surface area contributed by atoms with Gasteiger partial charge in [0.2, 0.25) is 0 Å². The summed E-state index contributed by atoms with van der Waals surface area (Å²) in [5, 5.41) is 3.09. The van der Waals surface area contributed by atoms with Crippen LogP contribution in [-0.2, 0) is 0 Å². The molecule has 0 aliphatic rings. The monoisotopic (exact) mass is 192 g/mol. The molecule has 0 aliphatic carbocycles. The van der Waals surface area contributed by atoms with E-state index in [1.54, 1.807) is 0 Å². The molecule has 0 fully saturated rings. The molecule has 14 heavy (non-hydrogen) atoms. The second-order valence-electron chi connectivity index (χ2n) is 4.72. The summed E-state index contributed by atoms with van der Waals surface area (Å²) in [6, 6.07) is 8.37. The van der Waals surface area contributed by atoms with E-state index >= 15 is 0 Å². The van der Waals surface area contributed by atoms with Crippen molar-refractivity contribution in [2.45, 2.75) is 26.8 Å². The quantitative estimate of drug-likeness (QED) is 0.756. The summed E-state index contributed by atoms with van der Waals surface area (Å²) < 4.78 is 0. The van der Waals surface area contributed by atoms with Gasteiger partial charge >= 0.3 is 0 Å². The predicted molar refractivity (Wildman–Crippen MR) is 62.4 cm³/mol. The molecule has 0 bridgehead atoms. The van der Waals surface area contributed by atoms with Crippen LogP contribution < -0.4 is 11.1 Å². The van der Waals surface area contributed by atoms with E-state index < -0.39 is 0 Å². The normalized spacial score (nSPS) is 13.8. The van der Waals surface area contributed by atoms with Crippen molar-refractivity contribution in [3.05, 3.63) is 29.8 Å². The Labute approximate surface area is 86.5 Å². The molecule has 0 saturated carbocycles. The largest absolute Gasteiger partial charge is 0.388 e. The Balaban J connectivity index is 2.87. The average Bonchev–Trinajstić information content (AvgIpc) is 2.15. The molecule has 0 radical (unpaired) electrons. The summed E-state index contributed by atoms with van der Waals surface area (Å²) in [7, 11) is 1.92. The van der Waals surface area contributed by atoms with Gasteiger partial charge in [-0.2, -0.15) is 0 Å². The van der Waals surface area contributed by atoms with Crippen LogP contribution in [0, 0.1) is 5.41 Å². The van der Waals surface area contributed by atoms with Gasteiger partial charge in [0.05, 0.1) is 0 Å². The van der Waals surface area contributed by atoms with Gasteiger partial charge in [-0.25, -0.2) is 0 Å². The minimum absolute atomic E-state index is 0.0911. The van der Waals surface area contributed by atoms with E-state index in [0.29, 0.717) is 0 Å². The molecule has 2 heteroatoms. The number of anilines is 1. The van der Waals surface area contributed by atoms with E-state index in [0.717, 1.165) is 5.69 Å². The Bertz CT molecular complexity index is 282. The molecule has 1 atom stereocenters. The molecule has 3 N–H and O–H groups in total. The highest BCUT2D eigenvalue weighted by atomic mass is 14.8. The second kappa shape index (κ2) is 4.01. The van der Waals surface area contributed by atoms with Crippen LogP contribution in [0.25, 0.3) is 0 Å². The molecule has 0 spiro atoms. The van der Waals surface area contributed by atoms with Gasteiger partial charge in [-0.1, -0.05) is 32.9 Å². The van der Waals surface area contributed by atoms with Gasteiger partial charge in [0, 0.05) is 18.8 Å². The lowest BCUT2D eigenvalue weighted by atomic mass is 9.83. The van der Waals surface area contributed by atoms with Crippen LogP contribution in [0.2, 0.25) is 0 Å². The number of nitrogens with two attached hydrogens (primary N) is 1. The zero-order valence-corrected chi connectivity index (χ0v) is 9.46. The van der Waals surface area contributed by atoms with Crippen LogP contribution in [0.15, 0.2) is 24.3 Å². The third-order valence-corrected chi connectivity index (χ3v) is 2.49. The summed E-state index contributed by atoms with van der Waals surface area (Å²) in [6.07, 6.45) is 0. The first-order valence-electron chi connectivity index (χ1n) is 4.98. The summed E-state index contributed by atoms with van der Waals surface area (Å²) in [5.74, 6) is 0. The molecule has 0 heterocycles. The molecule has 78 valence electrons. The number of nitrogens with one attached hydrogen (secondary N) is 1. The van der Waals surface area contributed by atoms with Crippen molar-refractivity contribution in [1.29, 1.82) is 0 Å². The molecule has 0 saturated heterocycles. The summed E-state index contributed by atoms with van der Waals surface area (Å²) in [6.45, 7) is 6.47. The van der Waals surface area contributed by atoms with Gasteiger partial charge in [0.25, 0.3) is 0 Å². The van der Waals surface area contributed by atoms with E-state index in [2.05, 4.69) is 50.4 Å². The maximum atomic E-state index is 6.14. The van der Waals surface area contributed by atoms with E-state index in [1.807, 2.05) is 7.05 Å². The van der Waals surface area contributed by atoms with Crippen molar-refractivity contribution in [3.8, 4) is 0 Å². The molecule has 1 aromatic carbocycles. The zero-order valence-electron chi connectivity index (χ0n) is 9.46. The van der Waals surface area contributed by atoms with E-state index in [4.69, 9.17) is 5.73 Å². The average molecular weight is 192 g/mol. The van der Waals surface area contributed by atoms with Crippen molar-refractivity contribution in [1.82, 2.24) is 0 Å². The lowest BCUT2D eigenvalue weighted by molar-refractivity contribution is 0.327. The third-order valence-electron chi connectivity index (χ3n) is 2.49. The first-order valence-corrected chi connectivity index (χ1v) is 4.98. The van der Waals surface area contributed by atoms with Crippen LogP contribution in [0.3, 0.4) is 0 Å². The van der Waals surface area contributed by atoms with E-state index in [1.165, 1.54) is 5.56 Å². The molecular weight excluding hydrogens is 172 g/mol. The van der Waals surface area contributed by atoms with Crippen LogP contribution in [0.1, 0.15) is 32.4 Å². The van der Waals surface area contributed by atoms with Crippen LogP contribution in [0.5, 0.6) is 0 Å². The molecule has 0 aromatic heterocycles. The minimum atomic E-state index is 0.0911. The zero-order chi connectivity index (χ0) is 10.8. The maximum absolute atomic E-state index is 6.14. The van der Waals surface area contributed by atoms with Crippen LogP contribution in [-0.4, -0.2) is 7.05 Å². The Morgan fingerprint density at radius 2 is 1.64 bits per heavy atom. The number of hydrogen-bond acceptors (Lipinski definition) is 2. The molecule has 0 aliphatic heterocycles. The van der Waals surface area contributed by atoms with Crippen molar-refractivity contribution < 1.29 is 0 Å². The predicted octanol–water partition coefficient (Wildman–Crippen LogP) is 2.77. The smallest absolute Gasteiger partial charge is 0.0344 e. The fraction of sp³-hybridized carbons (Fsp3) is 0.500. The van der Waals surface area contributed by atoms with Gasteiger partial charge in [0.15, 0.2) is 0 Å². The molecule has 1 rings (SSSR count). The Morgan fingerprint density at radius 3 is 2.00 bits per heavy atom. The van der Waals surface area contributed by atoms with Gasteiger partial charge < -0.3 is 11.1 Å². The first-order chi connectivity index (χ1) is 6.45. The Morgan fingerprint density at radius 1 is 1.14 bits per heavy atom. The van der Waals surface area contributed by atoms with Gasteiger partial charge in [-0.15, -0.1) is 0 Å². The van der Waals surface area contributed by atoms with Crippen LogP contribution >= 0.6 is 0 Å². The minimum Gasteiger partial charge on any atom is -0.388 e. The lowest BCUT2D eigenvalue weighted by Crippen LogP contribution is -2.26. The van der Waals surface area contributed by atoms with Gasteiger partial charge in [-0.05, 0) is 23.1 Å². The summed E-state index contributed by atoms with van der Waals surface area (Å²) in [5.41, 5.74) is 8.57. The standard InChI is InChI=1S/C12H20N2/c1-12(2,3)11(13)9-5-7-10(14-4)8-6-9/h5-8,11,14H,13H2,1-4H3/t11-/m1/s1. The van der Waals surface area contributed by atoms with Crippen molar-refractivity contribution in [2.75, 3.05) is 12.4 Å². The van der Waals surface area contributed by atoms with E-state index in [-0.39, 0.29) is 11.5 Å². The topological polar surface area (TPSA) is 38.0 Å². The fourth-order valence-corrected chi connectivity index (χ4v) is 1.36.